The molecule has 58 heavy (non-hydrogen) atoms. The number of imidazole rings is 2. The Morgan fingerprint density at radius 1 is 1.07 bits per heavy atom. The standard InChI is InChI=1S/C33H34F3N10O10PS/c1-14(2)26(49)43-31-42-25-20(28(51)44-31)40-13-46(25)29-18(34)21(48)16(54-29)9-53-57(52,58)56-22-30(55-17(8-47)32(22)10-33(32,35)36)45-12-39-19-23(37-11-38-24(19)45)41-27(50)15-6-4-3-5-7-15/h3-7,11-14,16-18,21-22,29-30,47-48H,8-10H2,1-2H3,(H,52,58)(H,37,38,41,50)(H2,42,43,44,49,51)/t16-,17-,18-,21-,22+,29-,30-,32-,57-/m1/s1. The Bertz CT molecular complexity index is 2510. The third-order valence-electron chi connectivity index (χ3n) is 10.2. The number of rotatable bonds is 12. The number of aliphatic hydroxyl groups is 2. The molecule has 0 radical (unpaired) electrons. The Balaban J connectivity index is 1.02. The fourth-order valence-corrected chi connectivity index (χ4v) is 8.52. The summed E-state index contributed by atoms with van der Waals surface area (Å²) in [7, 11) is 0. The van der Waals surface area contributed by atoms with Gasteiger partial charge in [0.25, 0.3) is 17.4 Å². The van der Waals surface area contributed by atoms with Gasteiger partial charge < -0.3 is 34.4 Å². The van der Waals surface area contributed by atoms with Crippen molar-refractivity contribution in [1.82, 2.24) is 39.0 Å². The van der Waals surface area contributed by atoms with E-state index in [0.29, 0.717) is 5.56 Å². The third kappa shape index (κ3) is 6.86. The van der Waals surface area contributed by atoms with Crippen LogP contribution in [0.4, 0.5) is 24.9 Å². The van der Waals surface area contributed by atoms with E-state index in [9.17, 15) is 29.5 Å². The highest BCUT2D eigenvalue weighted by Gasteiger charge is 2.83. The molecule has 20 nitrogen and oxygen atoms in total. The van der Waals surface area contributed by atoms with Crippen molar-refractivity contribution in [2.75, 3.05) is 23.8 Å². The Kier molecular flexibility index (Phi) is 10.2. The number of fused-ring (bicyclic) bond motifs is 2. The summed E-state index contributed by atoms with van der Waals surface area (Å²) in [5, 5.41) is 26.1. The number of nitrogens with one attached hydrogen (secondary N) is 3. The van der Waals surface area contributed by atoms with Gasteiger partial charge in [-0.3, -0.25) is 38.3 Å². The lowest BCUT2D eigenvalue weighted by atomic mass is 9.94. The Morgan fingerprint density at radius 3 is 2.43 bits per heavy atom. The van der Waals surface area contributed by atoms with E-state index in [1.54, 1.807) is 44.2 Å². The van der Waals surface area contributed by atoms with E-state index in [-0.39, 0.29) is 34.1 Å². The Labute approximate surface area is 329 Å². The van der Waals surface area contributed by atoms with Gasteiger partial charge in [-0.05, 0) is 23.9 Å². The van der Waals surface area contributed by atoms with Gasteiger partial charge in [-0.2, -0.15) is 4.98 Å². The maximum atomic E-state index is 15.6. The van der Waals surface area contributed by atoms with Gasteiger partial charge in [-0.1, -0.05) is 32.0 Å². The largest absolute Gasteiger partial charge is 0.394 e. The van der Waals surface area contributed by atoms with Gasteiger partial charge in [-0.15, -0.1) is 0 Å². The van der Waals surface area contributed by atoms with Crippen LogP contribution in [0, 0.1) is 11.3 Å². The number of aliphatic hydroxyl groups excluding tert-OH is 2. The Hall–Kier alpha value is -4.78. The minimum Gasteiger partial charge on any atom is -0.394 e. The van der Waals surface area contributed by atoms with Crippen LogP contribution in [0.25, 0.3) is 22.3 Å². The number of hydrogen-bond acceptors (Lipinski definition) is 15. The summed E-state index contributed by atoms with van der Waals surface area (Å²) in [5.74, 6) is -5.17. The number of anilines is 2. The maximum absolute atomic E-state index is 15.6. The molecule has 0 bridgehead atoms. The van der Waals surface area contributed by atoms with Gasteiger partial charge in [0.05, 0.1) is 37.4 Å². The van der Waals surface area contributed by atoms with Crippen LogP contribution in [0.5, 0.6) is 0 Å². The first kappa shape index (κ1) is 40.0. The molecule has 1 saturated carbocycles. The highest BCUT2D eigenvalue weighted by Crippen LogP contribution is 2.72. The summed E-state index contributed by atoms with van der Waals surface area (Å²) >= 11 is 5.24. The van der Waals surface area contributed by atoms with Gasteiger partial charge >= 0.3 is 6.72 Å². The number of aromatic amines is 1. The second-order valence-electron chi connectivity index (χ2n) is 14.2. The lowest BCUT2D eigenvalue weighted by Gasteiger charge is -2.29. The molecule has 6 N–H and O–H groups in total. The Morgan fingerprint density at radius 2 is 1.76 bits per heavy atom. The zero-order chi connectivity index (χ0) is 41.3. The van der Waals surface area contributed by atoms with Crippen LogP contribution in [-0.2, 0) is 35.1 Å². The molecular formula is C33H34F3N10O10PS. The van der Waals surface area contributed by atoms with E-state index in [2.05, 4.69) is 40.5 Å². The number of carbonyl (C=O) groups excluding carboxylic acids is 2. The van der Waals surface area contributed by atoms with E-state index in [1.165, 1.54) is 10.9 Å². The molecule has 3 aliphatic rings. The molecule has 1 aliphatic carbocycles. The zero-order valence-corrected chi connectivity index (χ0v) is 31.9. The molecule has 0 unspecified atom stereocenters. The molecule has 3 fully saturated rings. The van der Waals surface area contributed by atoms with Crippen LogP contribution < -0.4 is 16.2 Å². The fourth-order valence-electron chi connectivity index (χ4n) is 7.08. The highest BCUT2D eigenvalue weighted by molar-refractivity contribution is 8.07. The number of alkyl halides is 3. The number of nitrogens with zero attached hydrogens (tertiary/aromatic N) is 7. The molecular weight excluding hydrogens is 816 g/mol. The number of benzene rings is 1. The lowest BCUT2D eigenvalue weighted by molar-refractivity contribution is -0.118. The van der Waals surface area contributed by atoms with Crippen LogP contribution >= 0.6 is 6.72 Å². The van der Waals surface area contributed by atoms with E-state index in [4.69, 9.17) is 30.3 Å². The summed E-state index contributed by atoms with van der Waals surface area (Å²) in [4.78, 5) is 72.2. The van der Waals surface area contributed by atoms with E-state index < -0.39 is 104 Å². The van der Waals surface area contributed by atoms with Crippen molar-refractivity contribution < 1.29 is 56.4 Å². The summed E-state index contributed by atoms with van der Waals surface area (Å²) < 4.78 is 71.5. The smallest absolute Gasteiger partial charge is 0.325 e. The quantitative estimate of drug-likeness (QED) is 0.0980. The van der Waals surface area contributed by atoms with Gasteiger partial charge in [0.1, 0.15) is 24.6 Å². The highest BCUT2D eigenvalue weighted by atomic mass is 32.5. The fraction of sp³-hybridized carbons (Fsp3) is 0.455. The molecule has 8 rings (SSSR count). The predicted molar refractivity (Wildman–Crippen MR) is 196 cm³/mol. The molecule has 9 atom stereocenters. The van der Waals surface area contributed by atoms with Crippen molar-refractivity contribution in [3.63, 3.8) is 0 Å². The first-order chi connectivity index (χ1) is 27.5. The monoisotopic (exact) mass is 850 g/mol. The zero-order valence-electron chi connectivity index (χ0n) is 30.2. The number of carbonyl (C=O) groups is 2. The second-order valence-corrected chi connectivity index (χ2v) is 16.9. The predicted octanol–water partition coefficient (Wildman–Crippen LogP) is 1.94. The summed E-state index contributed by atoms with van der Waals surface area (Å²) in [6.07, 6.45) is -9.64. The van der Waals surface area contributed by atoms with E-state index in [0.717, 1.165) is 17.2 Å². The van der Waals surface area contributed by atoms with Crippen molar-refractivity contribution >= 4 is 64.4 Å². The summed E-state index contributed by atoms with van der Waals surface area (Å²) in [6.45, 7) is -3.06. The molecule has 1 aromatic carbocycles. The minimum absolute atomic E-state index is 0.00210. The topological polar surface area (TPSA) is 263 Å². The van der Waals surface area contributed by atoms with Crippen molar-refractivity contribution in [2.24, 2.45) is 11.3 Å². The van der Waals surface area contributed by atoms with Crippen LogP contribution in [0.3, 0.4) is 0 Å². The first-order valence-electron chi connectivity index (χ1n) is 17.6. The number of aromatic nitrogens is 8. The van der Waals surface area contributed by atoms with Gasteiger partial charge in [0.2, 0.25) is 11.9 Å². The molecule has 2 amide bonds. The summed E-state index contributed by atoms with van der Waals surface area (Å²) in [5.41, 5.74) is -3.00. The number of hydrogen-bond donors (Lipinski definition) is 6. The second kappa shape index (κ2) is 14.8. The molecule has 25 heteroatoms. The van der Waals surface area contributed by atoms with Crippen LogP contribution in [-0.4, -0.2) is 116 Å². The minimum atomic E-state index is -4.61. The average molecular weight is 851 g/mol. The molecule has 5 aromatic rings. The van der Waals surface area contributed by atoms with Crippen molar-refractivity contribution in [1.29, 1.82) is 0 Å². The van der Waals surface area contributed by atoms with Crippen LogP contribution in [0.2, 0.25) is 0 Å². The molecule has 308 valence electrons. The molecule has 6 heterocycles. The van der Waals surface area contributed by atoms with Crippen LogP contribution in [0.15, 0.2) is 54.1 Å². The normalized spacial score (nSPS) is 28.7. The van der Waals surface area contributed by atoms with E-state index >= 15 is 13.2 Å². The average Bonchev–Trinajstić information content (AvgIpc) is 3.68. The molecule has 2 saturated heterocycles. The van der Waals surface area contributed by atoms with Crippen molar-refractivity contribution in [3.8, 4) is 0 Å². The van der Waals surface area contributed by atoms with Crippen molar-refractivity contribution in [2.45, 2.75) is 69.2 Å². The van der Waals surface area contributed by atoms with Gasteiger partial charge in [0.15, 0.2) is 46.8 Å². The first-order valence-corrected chi connectivity index (χ1v) is 20.2. The van der Waals surface area contributed by atoms with Gasteiger partial charge in [0, 0.05) is 17.9 Å². The number of amides is 2. The summed E-state index contributed by atoms with van der Waals surface area (Å²) in [6, 6.07) is 8.22. The van der Waals surface area contributed by atoms with Crippen molar-refractivity contribution in [3.05, 3.63) is 65.2 Å². The SMILES string of the molecule is CC(C)C(=O)Nc1nc2c(ncn2[C@@H]2O[C@H](CO[P@@](O)(=S)O[C@H]3[C@H](n4cnc5c(NC(=O)c6ccccc6)ncnc54)O[C@H](CO)[C@]34CC4(F)F)[C@@H](O)[C@H]2F)c(=O)[nH]1. The molecule has 2 aliphatic heterocycles. The molecule has 4 aromatic heterocycles. The number of H-pyrrole nitrogens is 1. The third-order valence-corrected chi connectivity index (χ3v) is 11.7. The lowest BCUT2D eigenvalue weighted by Crippen LogP contribution is -2.37. The van der Waals surface area contributed by atoms with E-state index in [1.807, 2.05) is 0 Å². The van der Waals surface area contributed by atoms with Gasteiger partial charge in [-0.25, -0.2) is 33.1 Å². The number of halogens is 3. The maximum Gasteiger partial charge on any atom is 0.325 e. The van der Waals surface area contributed by atoms with Crippen LogP contribution in [0.1, 0.15) is 43.1 Å². The number of ether oxygens (including phenoxy) is 2. The molecule has 1 spiro atoms.